The number of halogens is 2. The standard InChI is InChI=1S/C16H12F2O5/c1-20-16(19)10-3-4-12(17)15(18)11(10)7-21-9-2-5-13-14(6-9)23-8-22-13/h2-6H,7-8H2,1H3. The van der Waals surface area contributed by atoms with Crippen molar-refractivity contribution in [3.63, 3.8) is 0 Å². The predicted molar refractivity (Wildman–Crippen MR) is 74.6 cm³/mol. The largest absolute Gasteiger partial charge is 0.489 e. The highest BCUT2D eigenvalue weighted by Gasteiger charge is 2.20. The van der Waals surface area contributed by atoms with E-state index in [1.165, 1.54) is 0 Å². The number of ether oxygens (including phenoxy) is 4. The molecule has 1 heterocycles. The molecular weight excluding hydrogens is 310 g/mol. The van der Waals surface area contributed by atoms with Gasteiger partial charge in [-0.05, 0) is 24.3 Å². The highest BCUT2D eigenvalue weighted by Crippen LogP contribution is 2.35. The zero-order valence-electron chi connectivity index (χ0n) is 12.1. The minimum absolute atomic E-state index is 0.0906. The second kappa shape index (κ2) is 6.12. The maximum absolute atomic E-state index is 14.0. The molecule has 2 aromatic carbocycles. The van der Waals surface area contributed by atoms with E-state index < -0.39 is 17.6 Å². The summed E-state index contributed by atoms with van der Waals surface area (Å²) in [6.07, 6.45) is 0. The molecule has 0 saturated heterocycles. The van der Waals surface area contributed by atoms with Crippen LogP contribution in [0.5, 0.6) is 17.2 Å². The Labute approximate surface area is 130 Å². The lowest BCUT2D eigenvalue weighted by Crippen LogP contribution is -2.11. The van der Waals surface area contributed by atoms with Crippen LogP contribution < -0.4 is 14.2 Å². The van der Waals surface area contributed by atoms with Gasteiger partial charge < -0.3 is 18.9 Å². The van der Waals surface area contributed by atoms with E-state index >= 15 is 0 Å². The van der Waals surface area contributed by atoms with E-state index in [4.69, 9.17) is 14.2 Å². The molecule has 2 aromatic rings. The lowest BCUT2D eigenvalue weighted by atomic mass is 10.1. The third-order valence-electron chi connectivity index (χ3n) is 3.33. The molecule has 1 aliphatic rings. The quantitative estimate of drug-likeness (QED) is 0.810. The molecule has 0 aromatic heterocycles. The van der Waals surface area contributed by atoms with Crippen molar-refractivity contribution in [2.75, 3.05) is 13.9 Å². The van der Waals surface area contributed by atoms with Crippen LogP contribution in [0.3, 0.4) is 0 Å². The molecule has 120 valence electrons. The third kappa shape index (κ3) is 2.90. The molecule has 0 spiro atoms. The molecule has 0 aliphatic carbocycles. The fourth-order valence-corrected chi connectivity index (χ4v) is 2.16. The summed E-state index contributed by atoms with van der Waals surface area (Å²) in [5.74, 6) is -1.54. The number of carbonyl (C=O) groups is 1. The highest BCUT2D eigenvalue weighted by atomic mass is 19.2. The molecule has 23 heavy (non-hydrogen) atoms. The number of hydrogen-bond donors (Lipinski definition) is 0. The highest BCUT2D eigenvalue weighted by molar-refractivity contribution is 5.91. The minimum atomic E-state index is -1.14. The van der Waals surface area contributed by atoms with Gasteiger partial charge >= 0.3 is 5.97 Å². The molecule has 0 radical (unpaired) electrons. The molecule has 0 N–H and O–H groups in total. The van der Waals surface area contributed by atoms with E-state index in [9.17, 15) is 13.6 Å². The van der Waals surface area contributed by atoms with Gasteiger partial charge in [0.15, 0.2) is 23.1 Å². The number of hydrogen-bond acceptors (Lipinski definition) is 5. The second-order valence-electron chi connectivity index (χ2n) is 4.68. The van der Waals surface area contributed by atoms with E-state index in [0.717, 1.165) is 19.2 Å². The summed E-state index contributed by atoms with van der Waals surface area (Å²) in [6.45, 7) is -0.225. The predicted octanol–water partition coefficient (Wildman–Crippen LogP) is 3.06. The van der Waals surface area contributed by atoms with Gasteiger partial charge in [0.2, 0.25) is 6.79 Å². The average Bonchev–Trinajstić information content (AvgIpc) is 3.03. The van der Waals surface area contributed by atoms with Crippen LogP contribution >= 0.6 is 0 Å². The fourth-order valence-electron chi connectivity index (χ4n) is 2.16. The maximum atomic E-state index is 14.0. The second-order valence-corrected chi connectivity index (χ2v) is 4.68. The zero-order chi connectivity index (χ0) is 16.4. The fraction of sp³-hybridized carbons (Fsp3) is 0.188. The van der Waals surface area contributed by atoms with E-state index in [0.29, 0.717) is 17.2 Å². The van der Waals surface area contributed by atoms with Gasteiger partial charge in [0.05, 0.1) is 12.7 Å². The third-order valence-corrected chi connectivity index (χ3v) is 3.33. The summed E-state index contributed by atoms with van der Waals surface area (Å²) in [5.41, 5.74) is -0.304. The van der Waals surface area contributed by atoms with Gasteiger partial charge in [-0.25, -0.2) is 13.6 Å². The van der Waals surface area contributed by atoms with Crippen LogP contribution in [0.4, 0.5) is 8.78 Å². The van der Waals surface area contributed by atoms with Gasteiger partial charge in [0.25, 0.3) is 0 Å². The molecule has 0 unspecified atom stereocenters. The number of benzene rings is 2. The molecule has 0 saturated carbocycles. The summed E-state index contributed by atoms with van der Waals surface area (Å²) in [7, 11) is 1.16. The van der Waals surface area contributed by atoms with Crippen LogP contribution in [0.2, 0.25) is 0 Å². The molecule has 0 amide bonds. The summed E-state index contributed by atoms with van der Waals surface area (Å²) in [6, 6.07) is 6.83. The summed E-state index contributed by atoms with van der Waals surface area (Å²) >= 11 is 0. The van der Waals surface area contributed by atoms with Gasteiger partial charge in [0, 0.05) is 11.6 Å². The van der Waals surface area contributed by atoms with Crippen molar-refractivity contribution < 1.29 is 32.5 Å². The summed E-state index contributed by atoms with van der Waals surface area (Å²) < 4.78 is 47.8. The van der Waals surface area contributed by atoms with E-state index in [-0.39, 0.29) is 24.5 Å². The molecule has 5 nitrogen and oxygen atoms in total. The SMILES string of the molecule is COC(=O)c1ccc(F)c(F)c1COc1ccc2c(c1)OCO2. The molecule has 3 rings (SSSR count). The van der Waals surface area contributed by atoms with Gasteiger partial charge in [-0.3, -0.25) is 0 Å². The monoisotopic (exact) mass is 322 g/mol. The Kier molecular flexibility index (Phi) is 4.01. The van der Waals surface area contributed by atoms with Crippen molar-refractivity contribution in [1.82, 2.24) is 0 Å². The van der Waals surface area contributed by atoms with Crippen LogP contribution in [0.15, 0.2) is 30.3 Å². The van der Waals surface area contributed by atoms with Crippen LogP contribution in [0, 0.1) is 11.6 Å². The minimum Gasteiger partial charge on any atom is -0.489 e. The Morgan fingerprint density at radius 2 is 1.96 bits per heavy atom. The zero-order valence-corrected chi connectivity index (χ0v) is 12.1. The van der Waals surface area contributed by atoms with Gasteiger partial charge in [-0.2, -0.15) is 0 Å². The lowest BCUT2D eigenvalue weighted by molar-refractivity contribution is 0.0596. The molecule has 0 bridgehead atoms. The van der Waals surface area contributed by atoms with E-state index in [1.807, 2.05) is 0 Å². The average molecular weight is 322 g/mol. The van der Waals surface area contributed by atoms with Crippen LogP contribution in [0.1, 0.15) is 15.9 Å². The number of esters is 1. The van der Waals surface area contributed by atoms with Crippen LogP contribution in [0.25, 0.3) is 0 Å². The maximum Gasteiger partial charge on any atom is 0.338 e. The van der Waals surface area contributed by atoms with Gasteiger partial charge in [0.1, 0.15) is 12.4 Å². The Balaban J connectivity index is 1.85. The normalized spacial score (nSPS) is 12.1. The Morgan fingerprint density at radius 1 is 1.17 bits per heavy atom. The van der Waals surface area contributed by atoms with E-state index in [1.54, 1.807) is 18.2 Å². The van der Waals surface area contributed by atoms with Crippen molar-refractivity contribution in [3.05, 3.63) is 53.1 Å². The Hall–Kier alpha value is -2.83. The Bertz CT molecular complexity index is 760. The first kappa shape index (κ1) is 15.1. The molecule has 1 aliphatic heterocycles. The van der Waals surface area contributed by atoms with Crippen LogP contribution in [-0.2, 0) is 11.3 Å². The number of rotatable bonds is 4. The van der Waals surface area contributed by atoms with Crippen molar-refractivity contribution >= 4 is 5.97 Å². The topological polar surface area (TPSA) is 54.0 Å². The molecular formula is C16H12F2O5. The first-order chi connectivity index (χ1) is 11.1. The first-order valence-corrected chi connectivity index (χ1v) is 6.68. The van der Waals surface area contributed by atoms with Crippen molar-refractivity contribution in [2.24, 2.45) is 0 Å². The number of carbonyl (C=O) groups excluding carboxylic acids is 1. The van der Waals surface area contributed by atoms with E-state index in [2.05, 4.69) is 4.74 Å². The molecule has 7 heteroatoms. The van der Waals surface area contributed by atoms with Crippen molar-refractivity contribution in [2.45, 2.75) is 6.61 Å². The molecule has 0 fully saturated rings. The summed E-state index contributed by atoms with van der Waals surface area (Å²) in [4.78, 5) is 11.7. The number of fused-ring (bicyclic) bond motifs is 1. The van der Waals surface area contributed by atoms with Crippen LogP contribution in [-0.4, -0.2) is 19.9 Å². The summed E-state index contributed by atoms with van der Waals surface area (Å²) in [5, 5.41) is 0. The number of methoxy groups -OCH3 is 1. The Morgan fingerprint density at radius 3 is 2.74 bits per heavy atom. The van der Waals surface area contributed by atoms with Crippen molar-refractivity contribution in [3.8, 4) is 17.2 Å². The lowest BCUT2D eigenvalue weighted by Gasteiger charge is -2.11. The smallest absolute Gasteiger partial charge is 0.338 e. The van der Waals surface area contributed by atoms with Gasteiger partial charge in [-0.1, -0.05) is 0 Å². The van der Waals surface area contributed by atoms with Crippen molar-refractivity contribution in [1.29, 1.82) is 0 Å². The van der Waals surface area contributed by atoms with Gasteiger partial charge in [-0.15, -0.1) is 0 Å². The molecule has 0 atom stereocenters. The first-order valence-electron chi connectivity index (χ1n) is 6.68.